The first-order valence-electron chi connectivity index (χ1n) is 7.32. The molecule has 4 heteroatoms. The number of rotatable bonds is 5. The fourth-order valence-electron chi connectivity index (χ4n) is 3.11. The lowest BCUT2D eigenvalue weighted by molar-refractivity contribution is -0.121. The average molecular weight is 275 g/mol. The van der Waals surface area contributed by atoms with Crippen molar-refractivity contribution in [3.05, 3.63) is 0 Å². The van der Waals surface area contributed by atoms with Crippen LogP contribution in [-0.2, 0) is 4.79 Å². The van der Waals surface area contributed by atoms with Crippen LogP contribution >= 0.6 is 12.4 Å². The van der Waals surface area contributed by atoms with Crippen LogP contribution in [0.2, 0.25) is 0 Å². The van der Waals surface area contributed by atoms with Crippen molar-refractivity contribution in [1.82, 2.24) is 10.6 Å². The van der Waals surface area contributed by atoms with Crippen molar-refractivity contribution in [2.75, 3.05) is 19.6 Å². The Morgan fingerprint density at radius 2 is 1.89 bits per heavy atom. The molecule has 1 unspecified atom stereocenters. The molecule has 2 N–H and O–H groups in total. The van der Waals surface area contributed by atoms with Crippen LogP contribution in [0.5, 0.6) is 0 Å². The van der Waals surface area contributed by atoms with Crippen LogP contribution in [0.25, 0.3) is 0 Å². The Kier molecular flexibility index (Phi) is 7.68. The fraction of sp³-hybridized carbons (Fsp3) is 0.929. The predicted octanol–water partition coefficient (Wildman–Crippen LogP) is 2.49. The molecule has 0 aromatic heterocycles. The van der Waals surface area contributed by atoms with Gasteiger partial charge in [0.15, 0.2) is 0 Å². The number of halogens is 1. The van der Waals surface area contributed by atoms with Gasteiger partial charge in [-0.05, 0) is 37.8 Å². The Hall–Kier alpha value is -0.280. The van der Waals surface area contributed by atoms with E-state index in [1.54, 1.807) is 0 Å². The zero-order valence-corrected chi connectivity index (χ0v) is 12.1. The second-order valence-electron chi connectivity index (χ2n) is 5.71. The van der Waals surface area contributed by atoms with E-state index in [0.29, 0.717) is 5.92 Å². The van der Waals surface area contributed by atoms with E-state index >= 15 is 0 Å². The Morgan fingerprint density at radius 3 is 2.56 bits per heavy atom. The molecule has 1 heterocycles. The maximum atomic E-state index is 11.7. The topological polar surface area (TPSA) is 41.1 Å². The van der Waals surface area contributed by atoms with Gasteiger partial charge in [-0.25, -0.2) is 0 Å². The molecule has 0 aromatic carbocycles. The molecule has 3 nitrogen and oxygen atoms in total. The predicted molar refractivity (Wildman–Crippen MR) is 77.0 cm³/mol. The standard InChI is InChI=1S/C14H26N2O.ClH/c17-14(10-13-6-8-15-11-13)16-9-7-12-4-2-1-3-5-12;/h12-13,15H,1-11H2,(H,16,17);1H. The van der Waals surface area contributed by atoms with Crippen molar-refractivity contribution in [3.63, 3.8) is 0 Å². The quantitative estimate of drug-likeness (QED) is 0.809. The van der Waals surface area contributed by atoms with Gasteiger partial charge in [0.2, 0.25) is 5.91 Å². The summed E-state index contributed by atoms with van der Waals surface area (Å²) in [6.45, 7) is 3.00. The van der Waals surface area contributed by atoms with Crippen LogP contribution in [0.15, 0.2) is 0 Å². The summed E-state index contributed by atoms with van der Waals surface area (Å²) in [4.78, 5) is 11.7. The molecule has 18 heavy (non-hydrogen) atoms. The van der Waals surface area contributed by atoms with Gasteiger partial charge in [-0.15, -0.1) is 12.4 Å². The van der Waals surface area contributed by atoms with E-state index in [2.05, 4.69) is 10.6 Å². The molecule has 2 aliphatic rings. The Balaban J connectivity index is 0.00000162. The molecule has 106 valence electrons. The summed E-state index contributed by atoms with van der Waals surface area (Å²) in [6, 6.07) is 0. The first kappa shape index (κ1) is 15.8. The molecule has 1 saturated carbocycles. The maximum absolute atomic E-state index is 11.7. The lowest BCUT2D eigenvalue weighted by atomic mass is 9.87. The highest BCUT2D eigenvalue weighted by molar-refractivity contribution is 5.85. The Morgan fingerprint density at radius 1 is 1.11 bits per heavy atom. The fourth-order valence-corrected chi connectivity index (χ4v) is 3.11. The molecule has 0 aromatic rings. The number of hydrogen-bond acceptors (Lipinski definition) is 2. The molecule has 1 amide bonds. The largest absolute Gasteiger partial charge is 0.356 e. The first-order chi connectivity index (χ1) is 8.34. The zero-order valence-electron chi connectivity index (χ0n) is 11.2. The van der Waals surface area contributed by atoms with Crippen LogP contribution in [0.4, 0.5) is 0 Å². The molecule has 0 radical (unpaired) electrons. The van der Waals surface area contributed by atoms with Gasteiger partial charge >= 0.3 is 0 Å². The summed E-state index contributed by atoms with van der Waals surface area (Å²) < 4.78 is 0. The van der Waals surface area contributed by atoms with Crippen molar-refractivity contribution in [3.8, 4) is 0 Å². The highest BCUT2D eigenvalue weighted by Crippen LogP contribution is 2.25. The molecule has 0 spiro atoms. The summed E-state index contributed by atoms with van der Waals surface area (Å²) >= 11 is 0. The summed E-state index contributed by atoms with van der Waals surface area (Å²) in [5.74, 6) is 1.70. The molecule has 1 atom stereocenters. The van der Waals surface area contributed by atoms with E-state index in [0.717, 1.165) is 38.4 Å². The van der Waals surface area contributed by atoms with E-state index in [-0.39, 0.29) is 18.3 Å². The minimum Gasteiger partial charge on any atom is -0.356 e. The molecule has 1 aliphatic carbocycles. The maximum Gasteiger partial charge on any atom is 0.220 e. The average Bonchev–Trinajstić information content (AvgIpc) is 2.83. The molecule has 0 bridgehead atoms. The normalized spacial score (nSPS) is 24.6. The van der Waals surface area contributed by atoms with E-state index in [1.165, 1.54) is 38.5 Å². The molecular formula is C14H27ClN2O. The summed E-state index contributed by atoms with van der Waals surface area (Å²) in [5, 5.41) is 6.40. The van der Waals surface area contributed by atoms with Gasteiger partial charge in [0, 0.05) is 13.0 Å². The van der Waals surface area contributed by atoms with Crippen molar-refractivity contribution in [2.24, 2.45) is 11.8 Å². The molecule has 1 aliphatic heterocycles. The third-order valence-corrected chi connectivity index (χ3v) is 4.24. The minimum absolute atomic E-state index is 0. The van der Waals surface area contributed by atoms with Gasteiger partial charge in [0.05, 0.1) is 0 Å². The van der Waals surface area contributed by atoms with Gasteiger partial charge in [-0.3, -0.25) is 4.79 Å². The van der Waals surface area contributed by atoms with E-state index < -0.39 is 0 Å². The number of carbonyl (C=O) groups excluding carboxylic acids is 1. The van der Waals surface area contributed by atoms with E-state index in [4.69, 9.17) is 0 Å². The van der Waals surface area contributed by atoms with Crippen LogP contribution in [-0.4, -0.2) is 25.5 Å². The first-order valence-corrected chi connectivity index (χ1v) is 7.32. The summed E-state index contributed by atoms with van der Waals surface area (Å²) in [7, 11) is 0. The van der Waals surface area contributed by atoms with Crippen LogP contribution in [0.1, 0.15) is 51.4 Å². The van der Waals surface area contributed by atoms with Crippen LogP contribution in [0.3, 0.4) is 0 Å². The van der Waals surface area contributed by atoms with E-state index in [9.17, 15) is 4.79 Å². The van der Waals surface area contributed by atoms with Crippen molar-refractivity contribution in [2.45, 2.75) is 51.4 Å². The monoisotopic (exact) mass is 274 g/mol. The van der Waals surface area contributed by atoms with Crippen LogP contribution in [0, 0.1) is 11.8 Å². The third kappa shape index (κ3) is 5.57. The molecule has 2 rings (SSSR count). The number of hydrogen-bond donors (Lipinski definition) is 2. The molecule has 2 fully saturated rings. The van der Waals surface area contributed by atoms with Crippen molar-refractivity contribution >= 4 is 18.3 Å². The van der Waals surface area contributed by atoms with Crippen molar-refractivity contribution in [1.29, 1.82) is 0 Å². The number of nitrogens with one attached hydrogen (secondary N) is 2. The number of amides is 1. The van der Waals surface area contributed by atoms with Gasteiger partial charge in [0.25, 0.3) is 0 Å². The molecule has 1 saturated heterocycles. The zero-order chi connectivity index (χ0) is 11.9. The van der Waals surface area contributed by atoms with E-state index in [1.807, 2.05) is 0 Å². The van der Waals surface area contributed by atoms with Gasteiger partial charge in [0.1, 0.15) is 0 Å². The SMILES string of the molecule is Cl.O=C(CC1CCNC1)NCCC1CCCCC1. The van der Waals surface area contributed by atoms with Crippen LogP contribution < -0.4 is 10.6 Å². The summed E-state index contributed by atoms with van der Waals surface area (Å²) in [6.07, 6.45) is 10.0. The second kappa shape index (κ2) is 8.76. The lowest BCUT2D eigenvalue weighted by Gasteiger charge is -2.21. The summed E-state index contributed by atoms with van der Waals surface area (Å²) in [5.41, 5.74) is 0. The van der Waals surface area contributed by atoms with Gasteiger partial charge in [-0.1, -0.05) is 32.1 Å². The highest BCUT2D eigenvalue weighted by Gasteiger charge is 2.18. The molecular weight excluding hydrogens is 248 g/mol. The number of carbonyl (C=O) groups is 1. The smallest absolute Gasteiger partial charge is 0.220 e. The van der Waals surface area contributed by atoms with Gasteiger partial charge < -0.3 is 10.6 Å². The van der Waals surface area contributed by atoms with Crippen molar-refractivity contribution < 1.29 is 4.79 Å². The second-order valence-corrected chi connectivity index (χ2v) is 5.71. The third-order valence-electron chi connectivity index (χ3n) is 4.24. The minimum atomic E-state index is 0. The lowest BCUT2D eigenvalue weighted by Crippen LogP contribution is -2.28. The Labute approximate surface area is 117 Å². The highest BCUT2D eigenvalue weighted by atomic mass is 35.5. The Bertz CT molecular complexity index is 236. The van der Waals surface area contributed by atoms with Gasteiger partial charge in [-0.2, -0.15) is 0 Å².